The molecule has 2 amide bonds. The Bertz CT molecular complexity index is 1100. The summed E-state index contributed by atoms with van der Waals surface area (Å²) < 4.78 is 26.2. The topological polar surface area (TPSA) is 86.8 Å². The maximum atomic E-state index is 13.3. The van der Waals surface area contributed by atoms with E-state index in [4.69, 9.17) is 11.6 Å². The van der Waals surface area contributed by atoms with Crippen LogP contribution >= 0.6 is 11.6 Å². The molecular formula is C25H34ClN3O4S. The van der Waals surface area contributed by atoms with Crippen molar-refractivity contribution in [3.05, 3.63) is 64.7 Å². The summed E-state index contributed by atoms with van der Waals surface area (Å²) in [6.07, 6.45) is 1.54. The number of hydrogen-bond donors (Lipinski definition) is 1. The van der Waals surface area contributed by atoms with Gasteiger partial charge in [0.05, 0.1) is 11.9 Å². The van der Waals surface area contributed by atoms with Gasteiger partial charge in [-0.3, -0.25) is 13.9 Å². The zero-order chi connectivity index (χ0) is 25.5. The number of anilines is 1. The van der Waals surface area contributed by atoms with Gasteiger partial charge in [0.2, 0.25) is 21.8 Å². The smallest absolute Gasteiger partial charge is 0.242 e. The van der Waals surface area contributed by atoms with Crippen LogP contribution in [0.3, 0.4) is 0 Å². The van der Waals surface area contributed by atoms with Crippen LogP contribution in [0.4, 0.5) is 5.69 Å². The minimum Gasteiger partial charge on any atom is -0.352 e. The van der Waals surface area contributed by atoms with Gasteiger partial charge in [-0.05, 0) is 57.4 Å². The van der Waals surface area contributed by atoms with Gasteiger partial charge < -0.3 is 10.2 Å². The number of nitrogens with zero attached hydrogens (tertiary/aromatic N) is 2. The Morgan fingerprint density at radius 2 is 1.65 bits per heavy atom. The lowest BCUT2D eigenvalue weighted by Gasteiger charge is -2.30. The van der Waals surface area contributed by atoms with Crippen molar-refractivity contribution in [2.45, 2.75) is 59.2 Å². The standard InChI is InChI=1S/C25H34ClN3O4S/c1-18(2)27-25(31)20(4)28(17-21-12-7-8-13-22(21)26)24(30)15-10-16-29(34(5,32)33)23-14-9-6-11-19(23)3/h6-9,11-14,18,20H,10,15-17H2,1-5H3,(H,27,31). The molecule has 0 fully saturated rings. The van der Waals surface area contributed by atoms with E-state index in [0.717, 1.165) is 17.4 Å². The Morgan fingerprint density at radius 3 is 2.24 bits per heavy atom. The second-order valence-electron chi connectivity index (χ2n) is 8.68. The second kappa shape index (κ2) is 12.2. The monoisotopic (exact) mass is 507 g/mol. The molecule has 1 atom stereocenters. The third-order valence-electron chi connectivity index (χ3n) is 5.43. The molecule has 2 aromatic carbocycles. The quantitative estimate of drug-likeness (QED) is 0.495. The Labute approximate surface area is 208 Å². The highest BCUT2D eigenvalue weighted by atomic mass is 35.5. The zero-order valence-electron chi connectivity index (χ0n) is 20.4. The maximum Gasteiger partial charge on any atom is 0.242 e. The summed E-state index contributed by atoms with van der Waals surface area (Å²) in [5.74, 6) is -0.502. The molecule has 34 heavy (non-hydrogen) atoms. The predicted octanol–water partition coefficient (Wildman–Crippen LogP) is 4.14. The molecule has 0 saturated carbocycles. The van der Waals surface area contributed by atoms with Gasteiger partial charge in [-0.2, -0.15) is 0 Å². The third-order valence-corrected chi connectivity index (χ3v) is 6.98. The second-order valence-corrected chi connectivity index (χ2v) is 11.0. The normalized spacial score (nSPS) is 12.3. The average molecular weight is 508 g/mol. The Morgan fingerprint density at radius 1 is 1.03 bits per heavy atom. The summed E-state index contributed by atoms with van der Waals surface area (Å²) in [6, 6.07) is 13.6. The molecule has 9 heteroatoms. The van der Waals surface area contributed by atoms with E-state index in [1.165, 1.54) is 9.21 Å². The van der Waals surface area contributed by atoms with Crippen LogP contribution in [0.15, 0.2) is 48.5 Å². The van der Waals surface area contributed by atoms with Gasteiger partial charge in [-0.25, -0.2) is 8.42 Å². The van der Waals surface area contributed by atoms with Crippen molar-refractivity contribution < 1.29 is 18.0 Å². The first kappa shape index (κ1) is 27.7. The van der Waals surface area contributed by atoms with Gasteiger partial charge >= 0.3 is 0 Å². The first-order valence-electron chi connectivity index (χ1n) is 11.3. The van der Waals surface area contributed by atoms with Gasteiger partial charge in [0.25, 0.3) is 0 Å². The summed E-state index contributed by atoms with van der Waals surface area (Å²) in [7, 11) is -3.53. The highest BCUT2D eigenvalue weighted by Gasteiger charge is 2.27. The van der Waals surface area contributed by atoms with E-state index in [2.05, 4.69) is 5.32 Å². The average Bonchev–Trinajstić information content (AvgIpc) is 2.75. The molecule has 0 aliphatic rings. The van der Waals surface area contributed by atoms with E-state index in [0.29, 0.717) is 17.1 Å². The number of carbonyl (C=O) groups excluding carboxylic acids is 2. The lowest BCUT2D eigenvalue weighted by Crippen LogP contribution is -2.49. The van der Waals surface area contributed by atoms with Gasteiger partial charge in [0.15, 0.2) is 0 Å². The molecular weight excluding hydrogens is 474 g/mol. The van der Waals surface area contributed by atoms with Gasteiger partial charge in [-0.15, -0.1) is 0 Å². The summed E-state index contributed by atoms with van der Waals surface area (Å²) >= 11 is 6.31. The van der Waals surface area contributed by atoms with Crippen molar-refractivity contribution in [2.24, 2.45) is 0 Å². The lowest BCUT2D eigenvalue weighted by atomic mass is 10.1. The van der Waals surface area contributed by atoms with Crippen LogP contribution in [0.1, 0.15) is 44.7 Å². The number of nitrogens with one attached hydrogen (secondary N) is 1. The molecule has 0 aliphatic carbocycles. The summed E-state index contributed by atoms with van der Waals surface area (Å²) in [4.78, 5) is 27.4. The van der Waals surface area contributed by atoms with Crippen LogP contribution in [0.25, 0.3) is 0 Å². The highest BCUT2D eigenvalue weighted by Crippen LogP contribution is 2.23. The minimum absolute atomic E-state index is 0.0651. The fourth-order valence-corrected chi connectivity index (χ4v) is 4.84. The molecule has 1 unspecified atom stereocenters. The van der Waals surface area contributed by atoms with Crippen LogP contribution in [0, 0.1) is 6.92 Å². The number of rotatable bonds is 11. The van der Waals surface area contributed by atoms with Crippen LogP contribution < -0.4 is 9.62 Å². The van der Waals surface area contributed by atoms with E-state index < -0.39 is 16.1 Å². The molecule has 2 rings (SSSR count). The number of amides is 2. The van der Waals surface area contributed by atoms with E-state index in [1.54, 1.807) is 31.2 Å². The van der Waals surface area contributed by atoms with Crippen molar-refractivity contribution >= 4 is 39.1 Å². The number of halogens is 1. The van der Waals surface area contributed by atoms with E-state index in [-0.39, 0.29) is 37.4 Å². The highest BCUT2D eigenvalue weighted by molar-refractivity contribution is 7.92. The van der Waals surface area contributed by atoms with Crippen molar-refractivity contribution in [1.82, 2.24) is 10.2 Å². The van der Waals surface area contributed by atoms with Crippen molar-refractivity contribution in [3.63, 3.8) is 0 Å². The van der Waals surface area contributed by atoms with Crippen LogP contribution in [-0.4, -0.2) is 50.0 Å². The maximum absolute atomic E-state index is 13.3. The summed E-state index contributed by atoms with van der Waals surface area (Å²) in [5, 5.41) is 3.36. The molecule has 2 aromatic rings. The largest absolute Gasteiger partial charge is 0.352 e. The first-order chi connectivity index (χ1) is 15.9. The van der Waals surface area contributed by atoms with Gasteiger partial charge in [-0.1, -0.05) is 48.0 Å². The number of carbonyl (C=O) groups is 2. The number of aryl methyl sites for hydroxylation is 1. The van der Waals surface area contributed by atoms with Gasteiger partial charge in [0, 0.05) is 30.6 Å². The molecule has 0 spiro atoms. The van der Waals surface area contributed by atoms with Crippen LogP contribution in [0.2, 0.25) is 5.02 Å². The first-order valence-corrected chi connectivity index (χ1v) is 13.5. The number of benzene rings is 2. The summed E-state index contributed by atoms with van der Waals surface area (Å²) in [5.41, 5.74) is 2.16. The van der Waals surface area contributed by atoms with Gasteiger partial charge in [0.1, 0.15) is 6.04 Å². The SMILES string of the molecule is Cc1ccccc1N(CCCC(=O)N(Cc1ccccc1Cl)C(C)C(=O)NC(C)C)S(C)(=O)=O. The summed E-state index contributed by atoms with van der Waals surface area (Å²) in [6.45, 7) is 7.58. The van der Waals surface area contributed by atoms with Crippen LogP contribution in [0.5, 0.6) is 0 Å². The number of hydrogen-bond acceptors (Lipinski definition) is 4. The molecule has 0 heterocycles. The predicted molar refractivity (Wildman–Crippen MR) is 137 cm³/mol. The minimum atomic E-state index is -3.53. The fraction of sp³-hybridized carbons (Fsp3) is 0.440. The van der Waals surface area contributed by atoms with Crippen molar-refractivity contribution in [3.8, 4) is 0 Å². The zero-order valence-corrected chi connectivity index (χ0v) is 22.0. The molecule has 7 nitrogen and oxygen atoms in total. The Kier molecular flexibility index (Phi) is 9.94. The molecule has 0 aliphatic heterocycles. The molecule has 0 radical (unpaired) electrons. The van der Waals surface area contributed by atoms with E-state index in [9.17, 15) is 18.0 Å². The van der Waals surface area contributed by atoms with Crippen molar-refractivity contribution in [1.29, 1.82) is 0 Å². The number of sulfonamides is 1. The molecule has 186 valence electrons. The van der Waals surface area contributed by atoms with E-state index >= 15 is 0 Å². The Hall–Kier alpha value is -2.58. The molecule has 0 aromatic heterocycles. The fourth-order valence-electron chi connectivity index (χ4n) is 3.62. The lowest BCUT2D eigenvalue weighted by molar-refractivity contribution is -0.140. The third kappa shape index (κ3) is 7.74. The van der Waals surface area contributed by atoms with Crippen LogP contribution in [-0.2, 0) is 26.2 Å². The molecule has 0 saturated heterocycles. The van der Waals surface area contributed by atoms with E-state index in [1.807, 2.05) is 45.0 Å². The Balaban J connectivity index is 2.19. The molecule has 1 N–H and O–H groups in total. The number of para-hydroxylation sites is 1. The molecule has 0 bridgehead atoms. The van der Waals surface area contributed by atoms with Crippen molar-refractivity contribution in [2.75, 3.05) is 17.1 Å².